The first-order valence-electron chi connectivity index (χ1n) is 23.7. The van der Waals surface area contributed by atoms with Crippen LogP contribution in [0.5, 0.6) is 0 Å². The van der Waals surface area contributed by atoms with Gasteiger partial charge in [0.15, 0.2) is 0 Å². The van der Waals surface area contributed by atoms with Gasteiger partial charge in [0.2, 0.25) is 0 Å². The van der Waals surface area contributed by atoms with Crippen molar-refractivity contribution in [1.29, 1.82) is 0 Å². The molecule has 0 spiro atoms. The smallest absolute Gasteiger partial charge is 0.121 e. The van der Waals surface area contributed by atoms with E-state index in [1.165, 1.54) is 32.6 Å². The summed E-state index contributed by atoms with van der Waals surface area (Å²) in [7, 11) is -1.34. The summed E-state index contributed by atoms with van der Waals surface area (Å²) in [4.78, 5) is 14.5. The summed E-state index contributed by atoms with van der Waals surface area (Å²) in [6.07, 6.45) is 6.98. The average Bonchev–Trinajstić information content (AvgIpc) is 4.01. The van der Waals surface area contributed by atoms with Crippen molar-refractivity contribution < 1.29 is 24.5 Å². The molecule has 0 amide bonds. The Bertz CT molecular complexity index is 3510. The van der Waals surface area contributed by atoms with Crippen molar-refractivity contribution in [3.05, 3.63) is 181 Å². The van der Waals surface area contributed by atoms with Crippen LogP contribution in [0.15, 0.2) is 156 Å². The molecule has 0 bridgehead atoms. The van der Waals surface area contributed by atoms with Crippen LogP contribution >= 0.6 is 0 Å². The third kappa shape index (κ3) is 8.44. The Balaban J connectivity index is 0.000000232. The van der Waals surface area contributed by atoms with Gasteiger partial charge in [0.05, 0.1) is 36.7 Å². The second-order valence-corrected chi connectivity index (χ2v) is 24.8. The summed E-state index contributed by atoms with van der Waals surface area (Å²) in [5.41, 5.74) is 14.9. The van der Waals surface area contributed by atoms with Crippen molar-refractivity contribution in [2.24, 2.45) is 5.92 Å². The zero-order valence-corrected chi connectivity index (χ0v) is 43.7. The van der Waals surface area contributed by atoms with Gasteiger partial charge in [-0.3, -0.25) is 9.97 Å². The predicted octanol–water partition coefficient (Wildman–Crippen LogP) is 15.4. The fourth-order valence-electron chi connectivity index (χ4n) is 9.85. The number of hydrogen-bond acceptors (Lipinski definition) is 4. The third-order valence-corrected chi connectivity index (χ3v) is 15.0. The summed E-state index contributed by atoms with van der Waals surface area (Å²) < 4.78 is 11.5. The number of aromatic nitrogens is 5. The first-order valence-corrected chi connectivity index (χ1v) is 27.2. The number of pyridine rings is 2. The van der Waals surface area contributed by atoms with E-state index < -0.39 is 8.07 Å². The van der Waals surface area contributed by atoms with Gasteiger partial charge >= 0.3 is 0 Å². The van der Waals surface area contributed by atoms with Gasteiger partial charge in [-0.25, -0.2) is 0 Å². The first-order chi connectivity index (χ1) is 32.4. The standard InChI is InChI=1S/C42H33N4O.C18H24NSi.Ir/c1-25(2)27-15-11-16-28(26(3)4)40(27)46-37-24-43-23-22-33(37)44-42(46)32-20-21-36(39-31-14-7-10-19-38(31)47-41(32)39)45-34-17-8-5-12-29(34)30-13-6-9-18-35(30)45;1-14(2)11-16-12-17(15-9-7-6-8-10-15)19-13-18(16)20(3,4)5;/h5-19,21-26H,1-4H3;6-9,12-14H,11H2,1-5H3;/q2*-1;. The molecule has 11 aromatic rings. The van der Waals surface area contributed by atoms with Gasteiger partial charge < -0.3 is 18.5 Å². The maximum atomic E-state index is 6.83. The number of rotatable bonds is 9. The Morgan fingerprint density at radius 1 is 0.662 bits per heavy atom. The summed E-state index contributed by atoms with van der Waals surface area (Å²) in [5.74, 6) is 2.07. The van der Waals surface area contributed by atoms with Crippen LogP contribution in [-0.4, -0.2) is 32.2 Å². The molecule has 0 fully saturated rings. The van der Waals surface area contributed by atoms with E-state index in [1.54, 1.807) is 0 Å². The van der Waals surface area contributed by atoms with Gasteiger partial charge in [0, 0.05) is 65.4 Å². The number of hydrogen-bond donors (Lipinski definition) is 0. The van der Waals surface area contributed by atoms with Crippen LogP contribution in [0.1, 0.15) is 70.1 Å². The monoisotopic (exact) mass is 1080 g/mol. The van der Waals surface area contributed by atoms with Crippen LogP contribution in [0, 0.1) is 18.1 Å². The molecular weight excluding hydrogens is 1030 g/mol. The topological polar surface area (TPSA) is 61.7 Å². The number of para-hydroxylation sites is 4. The van der Waals surface area contributed by atoms with E-state index in [4.69, 9.17) is 9.40 Å². The molecule has 343 valence electrons. The maximum absolute atomic E-state index is 6.83. The van der Waals surface area contributed by atoms with Gasteiger partial charge in [-0.2, -0.15) is 0 Å². The fraction of sp³-hybridized carbons (Fsp3) is 0.217. The minimum absolute atomic E-state index is 0. The Kier molecular flexibility index (Phi) is 13.0. The van der Waals surface area contributed by atoms with E-state index in [0.717, 1.165) is 84.4 Å². The zero-order chi connectivity index (χ0) is 46.6. The summed E-state index contributed by atoms with van der Waals surface area (Å²) >= 11 is 0. The van der Waals surface area contributed by atoms with Crippen LogP contribution in [0.3, 0.4) is 0 Å². The number of furan rings is 1. The third-order valence-electron chi connectivity index (χ3n) is 12.9. The predicted molar refractivity (Wildman–Crippen MR) is 283 cm³/mol. The fourth-order valence-corrected chi connectivity index (χ4v) is 11.4. The second-order valence-electron chi connectivity index (χ2n) is 19.8. The molecule has 8 heteroatoms. The summed E-state index contributed by atoms with van der Waals surface area (Å²) in [6.45, 7) is 20.8. The molecule has 0 aliphatic heterocycles. The molecule has 1 radical (unpaired) electrons. The molecule has 0 saturated carbocycles. The molecule has 0 saturated heterocycles. The van der Waals surface area contributed by atoms with Crippen molar-refractivity contribution in [1.82, 2.24) is 24.1 Å². The molecule has 0 atom stereocenters. The van der Waals surface area contributed by atoms with Gasteiger partial charge in [-0.05, 0) is 81.5 Å². The molecule has 0 aliphatic carbocycles. The average molecular weight is 1080 g/mol. The van der Waals surface area contributed by atoms with E-state index in [2.05, 4.69) is 196 Å². The quantitative estimate of drug-likeness (QED) is 0.107. The molecular formula is C60H57IrN5OSi-2. The van der Waals surface area contributed by atoms with Crippen LogP contribution in [-0.2, 0) is 26.5 Å². The molecule has 6 aromatic carbocycles. The molecule has 0 unspecified atom stereocenters. The Morgan fingerprint density at radius 2 is 1.31 bits per heavy atom. The number of imidazole rings is 1. The largest absolute Gasteiger partial charge is 0.500 e. The number of nitrogens with zero attached hydrogens (tertiary/aromatic N) is 5. The minimum atomic E-state index is -1.34. The van der Waals surface area contributed by atoms with Gasteiger partial charge in [0.1, 0.15) is 5.58 Å². The normalized spacial score (nSPS) is 11.9. The SMILES string of the molecule is CC(C)Cc1cc(-c2[c-]cccc2)ncc1[Si](C)(C)C.CC(C)c1cccc(C(C)C)c1-n1c(-c2[c-]cc(-n3c4ccccc4c4ccccc43)c3c2oc2ccccc23)nc2ccncc21.[Ir]. The van der Waals surface area contributed by atoms with E-state index >= 15 is 0 Å². The van der Waals surface area contributed by atoms with Crippen LogP contribution in [0.4, 0.5) is 0 Å². The summed E-state index contributed by atoms with van der Waals surface area (Å²) in [6, 6.07) is 53.6. The Labute approximate surface area is 414 Å². The minimum Gasteiger partial charge on any atom is -0.500 e. The van der Waals surface area contributed by atoms with Crippen molar-refractivity contribution in [2.75, 3.05) is 0 Å². The van der Waals surface area contributed by atoms with Crippen molar-refractivity contribution in [2.45, 2.75) is 79.4 Å². The second kappa shape index (κ2) is 18.9. The van der Waals surface area contributed by atoms with Crippen LogP contribution in [0.2, 0.25) is 19.6 Å². The Hall–Kier alpha value is -6.44. The molecule has 0 aliphatic rings. The molecule has 5 aromatic heterocycles. The van der Waals surface area contributed by atoms with Gasteiger partial charge in [0.25, 0.3) is 0 Å². The van der Waals surface area contributed by atoms with Crippen LogP contribution in [0.25, 0.3) is 88.8 Å². The maximum Gasteiger partial charge on any atom is 0.121 e. The molecule has 68 heavy (non-hydrogen) atoms. The van der Waals surface area contributed by atoms with E-state index in [-0.39, 0.29) is 20.1 Å². The van der Waals surface area contributed by atoms with Gasteiger partial charge in [-0.1, -0.05) is 151 Å². The molecule has 0 N–H and O–H groups in total. The zero-order valence-electron chi connectivity index (χ0n) is 40.4. The van der Waals surface area contributed by atoms with Crippen molar-refractivity contribution in [3.63, 3.8) is 0 Å². The number of fused-ring (bicyclic) bond motifs is 7. The molecule has 5 heterocycles. The van der Waals surface area contributed by atoms with Crippen molar-refractivity contribution in [3.8, 4) is 34.0 Å². The summed E-state index contributed by atoms with van der Waals surface area (Å²) in [5, 5.41) is 6.02. The van der Waals surface area contributed by atoms with Gasteiger partial charge in [-0.15, -0.1) is 48.0 Å². The van der Waals surface area contributed by atoms with E-state index in [1.807, 2.05) is 48.8 Å². The first kappa shape index (κ1) is 46.7. The molecule has 11 rings (SSSR count). The van der Waals surface area contributed by atoms with Crippen LogP contribution < -0.4 is 5.19 Å². The van der Waals surface area contributed by atoms with E-state index in [9.17, 15) is 0 Å². The Morgan fingerprint density at radius 3 is 1.94 bits per heavy atom. The number of benzene rings is 6. The molecule has 6 nitrogen and oxygen atoms in total. The van der Waals surface area contributed by atoms with Crippen molar-refractivity contribution >= 4 is 68.0 Å². The van der Waals surface area contributed by atoms with E-state index in [0.29, 0.717) is 17.8 Å².